The van der Waals surface area contributed by atoms with Crippen LogP contribution in [0, 0.1) is 6.92 Å². The van der Waals surface area contributed by atoms with Crippen LogP contribution in [0.1, 0.15) is 25.0 Å². The van der Waals surface area contributed by atoms with Gasteiger partial charge in [-0.05, 0) is 56.2 Å². The van der Waals surface area contributed by atoms with Crippen molar-refractivity contribution >= 4 is 50.7 Å². The largest absolute Gasteiger partial charge is 0.355 e. The van der Waals surface area contributed by atoms with Gasteiger partial charge in [-0.2, -0.15) is 0 Å². The fraction of sp³-hybridized carbons (Fsp3) is 0.364. The maximum Gasteiger partial charge on any atom is 0.244 e. The second kappa shape index (κ2) is 11.0. The molecule has 0 radical (unpaired) electrons. The number of likely N-dealkylation sites (N-methyl/N-ethyl adjacent to an activating group) is 1. The Morgan fingerprint density at radius 3 is 2.34 bits per heavy atom. The molecule has 0 fully saturated rings. The average molecular weight is 500 g/mol. The van der Waals surface area contributed by atoms with Crippen LogP contribution in [-0.2, 0) is 26.2 Å². The van der Waals surface area contributed by atoms with Crippen molar-refractivity contribution in [2.45, 2.75) is 33.4 Å². The van der Waals surface area contributed by atoms with E-state index in [0.29, 0.717) is 33.4 Å². The summed E-state index contributed by atoms with van der Waals surface area (Å²) in [4.78, 5) is 27.2. The van der Waals surface area contributed by atoms with E-state index >= 15 is 0 Å². The van der Waals surface area contributed by atoms with E-state index in [1.165, 1.54) is 11.0 Å². The van der Waals surface area contributed by atoms with Crippen LogP contribution in [0.4, 0.5) is 5.69 Å². The van der Waals surface area contributed by atoms with Gasteiger partial charge in [0.15, 0.2) is 0 Å². The molecule has 2 amide bonds. The van der Waals surface area contributed by atoms with Crippen molar-refractivity contribution in [1.82, 2.24) is 10.2 Å². The predicted octanol–water partition coefficient (Wildman–Crippen LogP) is 3.62. The molecule has 0 saturated carbocycles. The van der Waals surface area contributed by atoms with Crippen LogP contribution in [0.2, 0.25) is 10.0 Å². The molecule has 174 valence electrons. The van der Waals surface area contributed by atoms with Gasteiger partial charge in [0.1, 0.15) is 12.6 Å². The number of nitrogens with zero attached hydrogens (tertiary/aromatic N) is 2. The van der Waals surface area contributed by atoms with Crippen LogP contribution >= 0.6 is 23.2 Å². The van der Waals surface area contributed by atoms with Gasteiger partial charge in [0, 0.05) is 23.1 Å². The molecule has 2 aromatic carbocycles. The number of nitrogens with one attached hydrogen (secondary N) is 1. The lowest BCUT2D eigenvalue weighted by Gasteiger charge is -2.32. The minimum atomic E-state index is -3.82. The molecular formula is C22H27Cl2N3O4S. The highest BCUT2D eigenvalue weighted by Gasteiger charge is 2.30. The van der Waals surface area contributed by atoms with E-state index in [4.69, 9.17) is 23.2 Å². The van der Waals surface area contributed by atoms with Gasteiger partial charge in [-0.3, -0.25) is 13.9 Å². The first-order valence-electron chi connectivity index (χ1n) is 9.99. The number of sulfonamides is 1. The zero-order valence-corrected chi connectivity index (χ0v) is 20.8. The first kappa shape index (κ1) is 26.0. The van der Waals surface area contributed by atoms with Crippen LogP contribution in [0.15, 0.2) is 42.5 Å². The number of halogens is 2. The number of amides is 2. The van der Waals surface area contributed by atoms with Crippen molar-refractivity contribution in [1.29, 1.82) is 0 Å². The molecule has 0 aliphatic heterocycles. The van der Waals surface area contributed by atoms with Crippen LogP contribution in [0.5, 0.6) is 0 Å². The molecule has 0 saturated heterocycles. The van der Waals surface area contributed by atoms with Crippen molar-refractivity contribution < 1.29 is 18.0 Å². The Hall–Kier alpha value is -2.29. The standard InChI is InChI=1S/C22H27Cl2N3O4S/c1-5-25-22(29)16(3)26(13-17-7-6-8-18(23)11-17)21(28)14-27(32(4,30)31)20-12-19(24)10-9-15(20)2/h6-12,16H,5,13-14H2,1-4H3,(H,25,29). The second-order valence-electron chi connectivity index (χ2n) is 7.42. The fourth-order valence-electron chi connectivity index (χ4n) is 3.18. The van der Waals surface area contributed by atoms with E-state index in [1.54, 1.807) is 57.2 Å². The van der Waals surface area contributed by atoms with Gasteiger partial charge in [-0.15, -0.1) is 0 Å². The van der Waals surface area contributed by atoms with Crippen LogP contribution < -0.4 is 9.62 Å². The maximum atomic E-state index is 13.4. The highest BCUT2D eigenvalue weighted by atomic mass is 35.5. The zero-order chi connectivity index (χ0) is 24.1. The lowest BCUT2D eigenvalue weighted by atomic mass is 10.1. The normalized spacial score (nSPS) is 12.2. The topological polar surface area (TPSA) is 86.8 Å². The molecule has 0 aromatic heterocycles. The molecule has 1 atom stereocenters. The van der Waals surface area contributed by atoms with E-state index < -0.39 is 28.5 Å². The van der Waals surface area contributed by atoms with E-state index in [-0.39, 0.29) is 12.5 Å². The highest BCUT2D eigenvalue weighted by Crippen LogP contribution is 2.27. The number of carbonyl (C=O) groups is 2. The number of hydrogen-bond acceptors (Lipinski definition) is 4. The Balaban J connectivity index is 2.43. The molecule has 0 aliphatic rings. The molecule has 2 aromatic rings. The zero-order valence-electron chi connectivity index (χ0n) is 18.4. The van der Waals surface area contributed by atoms with E-state index in [9.17, 15) is 18.0 Å². The van der Waals surface area contributed by atoms with Crippen molar-refractivity contribution in [3.8, 4) is 0 Å². The third kappa shape index (κ3) is 6.85. The lowest BCUT2D eigenvalue weighted by Crippen LogP contribution is -2.51. The van der Waals surface area contributed by atoms with Gasteiger partial charge in [0.05, 0.1) is 11.9 Å². The Morgan fingerprint density at radius 1 is 1.09 bits per heavy atom. The summed E-state index contributed by atoms with van der Waals surface area (Å²) in [6.45, 7) is 5.12. The Kier molecular flexibility index (Phi) is 8.95. The maximum absolute atomic E-state index is 13.4. The average Bonchev–Trinajstić information content (AvgIpc) is 2.71. The highest BCUT2D eigenvalue weighted by molar-refractivity contribution is 7.92. The Morgan fingerprint density at radius 2 is 1.75 bits per heavy atom. The molecule has 0 spiro atoms. The molecule has 0 bridgehead atoms. The number of benzene rings is 2. The minimum absolute atomic E-state index is 0.0871. The second-order valence-corrected chi connectivity index (χ2v) is 10.2. The van der Waals surface area contributed by atoms with Gasteiger partial charge in [-0.1, -0.05) is 41.4 Å². The monoisotopic (exact) mass is 499 g/mol. The molecule has 0 heterocycles. The van der Waals surface area contributed by atoms with Gasteiger partial charge < -0.3 is 10.2 Å². The molecule has 0 aliphatic carbocycles. The Labute approximate surface area is 199 Å². The number of carbonyl (C=O) groups excluding carboxylic acids is 2. The summed E-state index contributed by atoms with van der Waals surface area (Å²) in [6.07, 6.45) is 1.02. The molecule has 7 nitrogen and oxygen atoms in total. The van der Waals surface area contributed by atoms with Crippen molar-refractivity contribution in [2.75, 3.05) is 23.7 Å². The van der Waals surface area contributed by atoms with Crippen molar-refractivity contribution in [2.24, 2.45) is 0 Å². The summed E-state index contributed by atoms with van der Waals surface area (Å²) in [5.41, 5.74) is 1.67. The molecule has 1 N–H and O–H groups in total. The summed E-state index contributed by atoms with van der Waals surface area (Å²) in [5, 5.41) is 3.54. The third-order valence-corrected chi connectivity index (χ3v) is 6.48. The first-order valence-corrected chi connectivity index (χ1v) is 12.6. The summed E-state index contributed by atoms with van der Waals surface area (Å²) >= 11 is 12.2. The Bertz CT molecular complexity index is 1090. The smallest absolute Gasteiger partial charge is 0.244 e. The number of aryl methyl sites for hydroxylation is 1. The van der Waals surface area contributed by atoms with Gasteiger partial charge in [-0.25, -0.2) is 8.42 Å². The quantitative estimate of drug-likeness (QED) is 0.570. The summed E-state index contributed by atoms with van der Waals surface area (Å²) in [7, 11) is -3.82. The number of hydrogen-bond donors (Lipinski definition) is 1. The number of rotatable bonds is 9. The summed E-state index contributed by atoms with van der Waals surface area (Å²) in [6, 6.07) is 10.9. The van der Waals surface area contributed by atoms with Crippen LogP contribution in [0.25, 0.3) is 0 Å². The van der Waals surface area contributed by atoms with Crippen molar-refractivity contribution in [3.05, 3.63) is 63.6 Å². The summed E-state index contributed by atoms with van der Waals surface area (Å²) in [5.74, 6) is -0.874. The first-order chi connectivity index (χ1) is 14.9. The SMILES string of the molecule is CCNC(=O)C(C)N(Cc1cccc(Cl)c1)C(=O)CN(c1cc(Cl)ccc1C)S(C)(=O)=O. The van der Waals surface area contributed by atoms with Gasteiger partial charge in [0.25, 0.3) is 0 Å². The molecular weight excluding hydrogens is 473 g/mol. The van der Waals surface area contributed by atoms with E-state index in [0.717, 1.165) is 10.6 Å². The third-order valence-electron chi connectivity index (χ3n) is 4.88. The van der Waals surface area contributed by atoms with E-state index in [1.807, 2.05) is 0 Å². The van der Waals surface area contributed by atoms with Crippen LogP contribution in [-0.4, -0.2) is 50.5 Å². The van der Waals surface area contributed by atoms with Crippen molar-refractivity contribution in [3.63, 3.8) is 0 Å². The van der Waals surface area contributed by atoms with Crippen LogP contribution in [0.3, 0.4) is 0 Å². The predicted molar refractivity (Wildman–Crippen MR) is 129 cm³/mol. The molecule has 2 rings (SSSR count). The lowest BCUT2D eigenvalue weighted by molar-refractivity contribution is -0.139. The van der Waals surface area contributed by atoms with E-state index in [2.05, 4.69) is 5.32 Å². The molecule has 1 unspecified atom stereocenters. The summed E-state index contributed by atoms with van der Waals surface area (Å²) < 4.78 is 26.2. The van der Waals surface area contributed by atoms with Gasteiger partial charge >= 0.3 is 0 Å². The molecule has 32 heavy (non-hydrogen) atoms. The minimum Gasteiger partial charge on any atom is -0.355 e. The van der Waals surface area contributed by atoms with Gasteiger partial charge in [0.2, 0.25) is 21.8 Å². The molecule has 10 heteroatoms. The fourth-order valence-corrected chi connectivity index (χ4v) is 4.46. The number of anilines is 1.